The molecule has 23 heavy (non-hydrogen) atoms. The molecule has 0 atom stereocenters. The van der Waals surface area contributed by atoms with Crippen molar-refractivity contribution in [2.45, 2.75) is 32.7 Å². The Morgan fingerprint density at radius 3 is 2.57 bits per heavy atom. The molecule has 1 aromatic heterocycles. The SMILES string of the molecule is CCCCc1oc2ccccc2c1C(=O)NCc1ccccc1. The predicted octanol–water partition coefficient (Wildman–Crippen LogP) is 4.71. The second-order valence-corrected chi connectivity index (χ2v) is 5.67. The third-order valence-electron chi connectivity index (χ3n) is 3.95. The van der Waals surface area contributed by atoms with Crippen LogP contribution in [0.15, 0.2) is 59.0 Å². The third-order valence-corrected chi connectivity index (χ3v) is 3.95. The van der Waals surface area contributed by atoms with Crippen molar-refractivity contribution in [2.24, 2.45) is 0 Å². The van der Waals surface area contributed by atoms with Crippen molar-refractivity contribution < 1.29 is 9.21 Å². The van der Waals surface area contributed by atoms with Crippen molar-refractivity contribution in [2.75, 3.05) is 0 Å². The van der Waals surface area contributed by atoms with Crippen LogP contribution in [0.25, 0.3) is 11.0 Å². The van der Waals surface area contributed by atoms with Crippen molar-refractivity contribution in [3.63, 3.8) is 0 Å². The molecule has 3 heteroatoms. The van der Waals surface area contributed by atoms with Gasteiger partial charge in [0.25, 0.3) is 5.91 Å². The molecule has 0 aliphatic heterocycles. The highest BCUT2D eigenvalue weighted by Gasteiger charge is 2.19. The predicted molar refractivity (Wildman–Crippen MR) is 92.4 cm³/mol. The van der Waals surface area contributed by atoms with Gasteiger partial charge < -0.3 is 9.73 Å². The summed E-state index contributed by atoms with van der Waals surface area (Å²) in [4.78, 5) is 12.7. The van der Waals surface area contributed by atoms with Gasteiger partial charge in [-0.2, -0.15) is 0 Å². The topological polar surface area (TPSA) is 42.2 Å². The van der Waals surface area contributed by atoms with Crippen molar-refractivity contribution >= 4 is 16.9 Å². The number of carbonyl (C=O) groups excluding carboxylic acids is 1. The van der Waals surface area contributed by atoms with Crippen LogP contribution >= 0.6 is 0 Å². The van der Waals surface area contributed by atoms with Crippen LogP contribution in [0.2, 0.25) is 0 Å². The van der Waals surface area contributed by atoms with Crippen molar-refractivity contribution in [3.05, 3.63) is 71.5 Å². The molecule has 1 heterocycles. The van der Waals surface area contributed by atoms with E-state index >= 15 is 0 Å². The first-order valence-electron chi connectivity index (χ1n) is 8.12. The standard InChI is InChI=1S/C20H21NO2/c1-2-3-12-18-19(16-11-7-8-13-17(16)23-18)20(22)21-14-15-9-5-4-6-10-15/h4-11,13H,2-3,12,14H2,1H3,(H,21,22). The first kappa shape index (κ1) is 15.3. The van der Waals surface area contributed by atoms with E-state index in [2.05, 4.69) is 12.2 Å². The number of furan rings is 1. The summed E-state index contributed by atoms with van der Waals surface area (Å²) in [6.07, 6.45) is 2.88. The lowest BCUT2D eigenvalue weighted by Crippen LogP contribution is -2.23. The molecule has 0 fully saturated rings. The summed E-state index contributed by atoms with van der Waals surface area (Å²) in [5.74, 6) is 0.725. The Bertz CT molecular complexity index is 790. The van der Waals surface area contributed by atoms with E-state index in [1.54, 1.807) is 0 Å². The van der Waals surface area contributed by atoms with E-state index in [9.17, 15) is 4.79 Å². The second-order valence-electron chi connectivity index (χ2n) is 5.67. The fourth-order valence-corrected chi connectivity index (χ4v) is 2.73. The molecular formula is C20H21NO2. The maximum absolute atomic E-state index is 12.7. The van der Waals surface area contributed by atoms with E-state index in [1.165, 1.54) is 0 Å². The maximum Gasteiger partial charge on any atom is 0.255 e. The highest BCUT2D eigenvalue weighted by atomic mass is 16.3. The summed E-state index contributed by atoms with van der Waals surface area (Å²) in [6, 6.07) is 17.7. The molecule has 0 radical (unpaired) electrons. The third kappa shape index (κ3) is 3.45. The maximum atomic E-state index is 12.7. The van der Waals surface area contributed by atoms with E-state index in [4.69, 9.17) is 4.42 Å². The van der Waals surface area contributed by atoms with Gasteiger partial charge in [-0.05, 0) is 18.1 Å². The van der Waals surface area contributed by atoms with E-state index in [-0.39, 0.29) is 5.91 Å². The Morgan fingerprint density at radius 1 is 1.04 bits per heavy atom. The van der Waals surface area contributed by atoms with Crippen molar-refractivity contribution in [1.82, 2.24) is 5.32 Å². The summed E-state index contributed by atoms with van der Waals surface area (Å²) in [5.41, 5.74) is 2.55. The molecule has 0 bridgehead atoms. The number of rotatable bonds is 6. The summed E-state index contributed by atoms with van der Waals surface area (Å²) in [6.45, 7) is 2.66. The molecule has 118 valence electrons. The van der Waals surface area contributed by atoms with E-state index < -0.39 is 0 Å². The normalized spacial score (nSPS) is 10.8. The summed E-state index contributed by atoms with van der Waals surface area (Å²) in [5, 5.41) is 3.90. The molecular weight excluding hydrogens is 286 g/mol. The summed E-state index contributed by atoms with van der Waals surface area (Å²) < 4.78 is 5.91. The molecule has 3 nitrogen and oxygen atoms in total. The number of aryl methyl sites for hydroxylation is 1. The molecule has 0 saturated heterocycles. The Labute approximate surface area is 136 Å². The molecule has 3 rings (SSSR count). The highest BCUT2D eigenvalue weighted by molar-refractivity contribution is 6.07. The molecule has 2 aromatic carbocycles. The summed E-state index contributed by atoms with van der Waals surface area (Å²) in [7, 11) is 0. The lowest BCUT2D eigenvalue weighted by molar-refractivity contribution is 0.0950. The van der Waals surface area contributed by atoms with Crippen LogP contribution in [0.1, 0.15) is 41.4 Å². The van der Waals surface area contributed by atoms with Crippen molar-refractivity contribution in [1.29, 1.82) is 0 Å². The first-order chi connectivity index (χ1) is 11.3. The van der Waals surface area contributed by atoms with Gasteiger partial charge in [0.2, 0.25) is 0 Å². The minimum atomic E-state index is -0.0649. The van der Waals surface area contributed by atoms with Gasteiger partial charge in [0.05, 0.1) is 5.56 Å². The first-order valence-corrected chi connectivity index (χ1v) is 8.12. The molecule has 0 spiro atoms. The molecule has 0 aliphatic rings. The van der Waals surface area contributed by atoms with Gasteiger partial charge in [-0.25, -0.2) is 0 Å². The van der Waals surface area contributed by atoms with E-state index in [0.717, 1.165) is 41.6 Å². The zero-order chi connectivity index (χ0) is 16.1. The highest BCUT2D eigenvalue weighted by Crippen LogP contribution is 2.27. The van der Waals surface area contributed by atoms with Gasteiger partial charge in [-0.3, -0.25) is 4.79 Å². The van der Waals surface area contributed by atoms with Crippen LogP contribution in [0.3, 0.4) is 0 Å². The quantitative estimate of drug-likeness (QED) is 0.717. The van der Waals surface area contributed by atoms with Gasteiger partial charge in [0.1, 0.15) is 11.3 Å². The number of benzene rings is 2. The minimum Gasteiger partial charge on any atom is -0.460 e. The van der Waals surface area contributed by atoms with Crippen LogP contribution < -0.4 is 5.32 Å². The van der Waals surface area contributed by atoms with Gasteiger partial charge in [0, 0.05) is 18.4 Å². The smallest absolute Gasteiger partial charge is 0.255 e. The Kier molecular flexibility index (Phi) is 4.77. The second kappa shape index (κ2) is 7.14. The number of fused-ring (bicyclic) bond motifs is 1. The van der Waals surface area contributed by atoms with Gasteiger partial charge in [-0.15, -0.1) is 0 Å². The lowest BCUT2D eigenvalue weighted by Gasteiger charge is -2.06. The number of amides is 1. The fraction of sp³-hybridized carbons (Fsp3) is 0.250. The number of nitrogens with one attached hydrogen (secondary N) is 1. The molecule has 1 amide bonds. The van der Waals surface area contributed by atoms with Crippen LogP contribution in [0.4, 0.5) is 0 Å². The van der Waals surface area contributed by atoms with Gasteiger partial charge >= 0.3 is 0 Å². The molecule has 0 aliphatic carbocycles. The number of unbranched alkanes of at least 4 members (excludes halogenated alkanes) is 1. The number of carbonyl (C=O) groups is 1. The Morgan fingerprint density at radius 2 is 1.78 bits per heavy atom. The van der Waals surface area contributed by atoms with Crippen molar-refractivity contribution in [3.8, 4) is 0 Å². The van der Waals surface area contributed by atoms with Gasteiger partial charge in [-0.1, -0.05) is 61.9 Å². The number of hydrogen-bond acceptors (Lipinski definition) is 2. The molecule has 1 N–H and O–H groups in total. The van der Waals surface area contributed by atoms with E-state index in [1.807, 2.05) is 54.6 Å². The average Bonchev–Trinajstić information content (AvgIpc) is 2.97. The number of hydrogen-bond donors (Lipinski definition) is 1. The van der Waals surface area contributed by atoms with Crippen LogP contribution in [0, 0.1) is 0 Å². The van der Waals surface area contributed by atoms with E-state index in [0.29, 0.717) is 12.1 Å². The molecule has 0 saturated carbocycles. The summed E-state index contributed by atoms with van der Waals surface area (Å²) >= 11 is 0. The Hall–Kier alpha value is -2.55. The van der Waals surface area contributed by atoms with Crippen LogP contribution in [-0.2, 0) is 13.0 Å². The molecule has 0 unspecified atom stereocenters. The van der Waals surface area contributed by atoms with Crippen LogP contribution in [-0.4, -0.2) is 5.91 Å². The molecule has 3 aromatic rings. The largest absolute Gasteiger partial charge is 0.460 e. The Balaban J connectivity index is 1.85. The minimum absolute atomic E-state index is 0.0649. The monoisotopic (exact) mass is 307 g/mol. The van der Waals surface area contributed by atoms with Crippen LogP contribution in [0.5, 0.6) is 0 Å². The van der Waals surface area contributed by atoms with Gasteiger partial charge in [0.15, 0.2) is 0 Å². The fourth-order valence-electron chi connectivity index (χ4n) is 2.73. The average molecular weight is 307 g/mol. The zero-order valence-corrected chi connectivity index (χ0v) is 13.3. The lowest BCUT2D eigenvalue weighted by atomic mass is 10.1. The number of para-hydroxylation sites is 1. The zero-order valence-electron chi connectivity index (χ0n) is 13.3.